The van der Waals surface area contributed by atoms with Crippen LogP contribution >= 0.6 is 23.7 Å². The number of aryl methyl sites for hydroxylation is 1. The van der Waals surface area contributed by atoms with Gasteiger partial charge in [0.05, 0.1) is 29.9 Å². The molecule has 0 saturated carbocycles. The smallest absolute Gasteiger partial charge is 0.270 e. The third-order valence-electron chi connectivity index (χ3n) is 5.65. The van der Waals surface area contributed by atoms with Crippen LogP contribution in [0.5, 0.6) is 5.75 Å². The lowest BCUT2D eigenvalue weighted by Crippen LogP contribution is -2.42. The number of anilines is 1. The summed E-state index contributed by atoms with van der Waals surface area (Å²) in [6, 6.07) is 10.0. The highest BCUT2D eigenvalue weighted by Crippen LogP contribution is 2.36. The van der Waals surface area contributed by atoms with Crippen LogP contribution in [0.15, 0.2) is 42.5 Å². The minimum Gasteiger partial charge on any atom is -0.494 e. The van der Waals surface area contributed by atoms with Gasteiger partial charge in [-0.15, -0.1) is 12.4 Å². The Kier molecular flexibility index (Phi) is 9.16. The number of nitro benzene ring substituents is 1. The maximum absolute atomic E-state index is 13.3. The number of carbonyl (C=O) groups is 1. The van der Waals surface area contributed by atoms with Gasteiger partial charge in [-0.2, -0.15) is 0 Å². The van der Waals surface area contributed by atoms with E-state index in [2.05, 4.69) is 4.90 Å². The minimum absolute atomic E-state index is 0. The highest BCUT2D eigenvalue weighted by atomic mass is 35.5. The first-order valence-electron chi connectivity index (χ1n) is 10.9. The topological polar surface area (TPSA) is 98.0 Å². The number of halogens is 1. The zero-order valence-corrected chi connectivity index (χ0v) is 21.1. The molecule has 11 heteroatoms. The normalized spacial score (nSPS) is 14.1. The highest BCUT2D eigenvalue weighted by Gasteiger charge is 2.22. The summed E-state index contributed by atoms with van der Waals surface area (Å²) < 4.78 is 11.9. The van der Waals surface area contributed by atoms with E-state index in [9.17, 15) is 14.9 Å². The van der Waals surface area contributed by atoms with Crippen LogP contribution in [0.4, 0.5) is 10.8 Å². The molecule has 186 valence electrons. The van der Waals surface area contributed by atoms with Crippen molar-refractivity contribution in [2.45, 2.75) is 6.92 Å². The molecule has 3 aromatic rings. The van der Waals surface area contributed by atoms with Crippen LogP contribution < -0.4 is 9.64 Å². The number of hydrogen-bond donors (Lipinski definition) is 0. The van der Waals surface area contributed by atoms with Gasteiger partial charge in [0.15, 0.2) is 5.13 Å². The molecule has 0 bridgehead atoms. The van der Waals surface area contributed by atoms with Crippen LogP contribution in [0.1, 0.15) is 11.1 Å². The Balaban J connectivity index is 0.00000342. The van der Waals surface area contributed by atoms with Gasteiger partial charge in [-0.25, -0.2) is 4.98 Å². The monoisotopic (exact) mass is 518 g/mol. The van der Waals surface area contributed by atoms with Crippen molar-refractivity contribution < 1.29 is 19.2 Å². The number of methoxy groups -OCH3 is 1. The van der Waals surface area contributed by atoms with Gasteiger partial charge in [0.1, 0.15) is 11.3 Å². The van der Waals surface area contributed by atoms with Gasteiger partial charge >= 0.3 is 0 Å². The molecule has 0 N–H and O–H groups in total. The van der Waals surface area contributed by atoms with Gasteiger partial charge in [-0.3, -0.25) is 24.7 Å². The molecule has 2 aromatic carbocycles. The highest BCUT2D eigenvalue weighted by molar-refractivity contribution is 7.22. The Morgan fingerprint density at radius 1 is 1.31 bits per heavy atom. The number of nitro groups is 1. The van der Waals surface area contributed by atoms with Gasteiger partial charge in [0.25, 0.3) is 11.6 Å². The van der Waals surface area contributed by atoms with E-state index >= 15 is 0 Å². The van der Waals surface area contributed by atoms with Crippen molar-refractivity contribution in [1.82, 2.24) is 9.88 Å². The molecule has 0 unspecified atom stereocenters. The molecular formula is C24H27ClN4O5S. The zero-order chi connectivity index (χ0) is 24.1. The molecule has 0 atom stereocenters. The van der Waals surface area contributed by atoms with Crippen molar-refractivity contribution in [3.8, 4) is 5.75 Å². The van der Waals surface area contributed by atoms with Gasteiger partial charge in [0, 0.05) is 44.4 Å². The molecule has 1 aliphatic heterocycles. The average molecular weight is 519 g/mol. The number of carbonyl (C=O) groups excluding carboxylic acids is 1. The minimum atomic E-state index is -0.454. The van der Waals surface area contributed by atoms with E-state index in [0.717, 1.165) is 28.9 Å². The Morgan fingerprint density at radius 2 is 2.09 bits per heavy atom. The molecule has 0 radical (unpaired) electrons. The number of ether oxygens (including phenoxy) is 2. The van der Waals surface area contributed by atoms with Crippen LogP contribution in [-0.4, -0.2) is 67.2 Å². The summed E-state index contributed by atoms with van der Waals surface area (Å²) in [5.41, 5.74) is 2.35. The van der Waals surface area contributed by atoms with Crippen LogP contribution in [0.2, 0.25) is 0 Å². The molecule has 0 spiro atoms. The first kappa shape index (κ1) is 26.6. The maximum atomic E-state index is 13.3. The lowest BCUT2D eigenvalue weighted by molar-refractivity contribution is -0.384. The second-order valence-electron chi connectivity index (χ2n) is 7.89. The Hall–Kier alpha value is -3.05. The number of hydrogen-bond acceptors (Lipinski definition) is 8. The molecule has 1 amide bonds. The number of fused-ring (bicyclic) bond motifs is 1. The van der Waals surface area contributed by atoms with Crippen LogP contribution in [0.3, 0.4) is 0 Å². The third-order valence-corrected chi connectivity index (χ3v) is 6.87. The molecule has 0 aliphatic carbocycles. The number of thiazole rings is 1. The van der Waals surface area contributed by atoms with E-state index < -0.39 is 4.92 Å². The summed E-state index contributed by atoms with van der Waals surface area (Å²) >= 11 is 1.45. The Morgan fingerprint density at radius 3 is 2.80 bits per heavy atom. The van der Waals surface area contributed by atoms with Crippen molar-refractivity contribution in [1.29, 1.82) is 0 Å². The van der Waals surface area contributed by atoms with Crippen molar-refractivity contribution in [2.24, 2.45) is 0 Å². The van der Waals surface area contributed by atoms with Crippen LogP contribution in [0.25, 0.3) is 16.3 Å². The number of aromatic nitrogens is 1. The second kappa shape index (κ2) is 12.1. The Bertz CT molecular complexity index is 1230. The van der Waals surface area contributed by atoms with E-state index in [1.165, 1.54) is 29.5 Å². The lowest BCUT2D eigenvalue weighted by atomic mass is 10.2. The molecule has 1 saturated heterocycles. The Labute approximate surface area is 213 Å². The van der Waals surface area contributed by atoms with Crippen LogP contribution in [0, 0.1) is 17.0 Å². The fraction of sp³-hybridized carbons (Fsp3) is 0.333. The first-order chi connectivity index (χ1) is 16.5. The standard InChI is InChI=1S/C24H26N4O5S.ClH/c1-17-6-8-20(32-2)22-23(17)34-24(25-22)27(11-10-26-12-14-33-15-13-26)21(29)9-7-18-4-3-5-19(16-18)28(30)31;/h3-9,16H,10-15H2,1-2H3;1H. The van der Waals surface area contributed by atoms with Crippen molar-refractivity contribution in [3.05, 3.63) is 63.7 Å². The van der Waals surface area contributed by atoms with E-state index in [1.807, 2.05) is 19.1 Å². The largest absolute Gasteiger partial charge is 0.494 e. The van der Waals surface area contributed by atoms with E-state index in [4.69, 9.17) is 14.5 Å². The molecule has 1 aromatic heterocycles. The molecule has 1 aliphatic rings. The number of morpholine rings is 1. The quantitative estimate of drug-likeness (QED) is 0.249. The van der Waals surface area contributed by atoms with E-state index in [-0.39, 0.29) is 24.0 Å². The first-order valence-corrected chi connectivity index (χ1v) is 11.8. The summed E-state index contributed by atoms with van der Waals surface area (Å²) in [5.74, 6) is 0.422. The number of non-ortho nitro benzene ring substituents is 1. The summed E-state index contributed by atoms with van der Waals surface area (Å²) in [7, 11) is 1.60. The lowest BCUT2D eigenvalue weighted by Gasteiger charge is -2.28. The number of rotatable bonds is 8. The third kappa shape index (κ3) is 6.34. The van der Waals surface area contributed by atoms with Gasteiger partial charge < -0.3 is 9.47 Å². The number of benzene rings is 2. The summed E-state index contributed by atoms with van der Waals surface area (Å²) in [4.78, 5) is 32.6. The molecular weight excluding hydrogens is 492 g/mol. The van der Waals surface area contributed by atoms with Crippen molar-refractivity contribution >= 4 is 56.8 Å². The number of nitrogens with zero attached hydrogens (tertiary/aromatic N) is 4. The summed E-state index contributed by atoms with van der Waals surface area (Å²) in [6.07, 6.45) is 3.03. The predicted molar refractivity (Wildman–Crippen MR) is 140 cm³/mol. The SMILES string of the molecule is COc1ccc(C)c2sc(N(CCN3CCOCC3)C(=O)C=Cc3cccc([N+](=O)[O-])c3)nc12.Cl. The van der Waals surface area contributed by atoms with Gasteiger partial charge in [-0.05, 0) is 30.2 Å². The molecule has 2 heterocycles. The summed E-state index contributed by atoms with van der Waals surface area (Å²) in [5, 5.41) is 11.6. The predicted octanol–water partition coefficient (Wildman–Crippen LogP) is 4.32. The van der Waals surface area contributed by atoms with E-state index in [1.54, 1.807) is 30.2 Å². The number of amides is 1. The van der Waals surface area contributed by atoms with Crippen molar-refractivity contribution in [3.63, 3.8) is 0 Å². The zero-order valence-electron chi connectivity index (χ0n) is 19.5. The van der Waals surface area contributed by atoms with Crippen molar-refractivity contribution in [2.75, 3.05) is 51.4 Å². The average Bonchev–Trinajstić information content (AvgIpc) is 3.30. The maximum Gasteiger partial charge on any atom is 0.270 e. The molecule has 9 nitrogen and oxygen atoms in total. The fourth-order valence-electron chi connectivity index (χ4n) is 3.74. The van der Waals surface area contributed by atoms with Gasteiger partial charge in [-0.1, -0.05) is 29.5 Å². The summed E-state index contributed by atoms with van der Waals surface area (Å²) in [6.45, 7) is 6.14. The molecule has 4 rings (SSSR count). The van der Waals surface area contributed by atoms with E-state index in [0.29, 0.717) is 42.7 Å². The molecule has 1 fully saturated rings. The molecule has 35 heavy (non-hydrogen) atoms. The second-order valence-corrected chi connectivity index (χ2v) is 8.87. The van der Waals surface area contributed by atoms with Gasteiger partial charge in [0.2, 0.25) is 0 Å². The fourth-order valence-corrected chi connectivity index (χ4v) is 4.83. The van der Waals surface area contributed by atoms with Crippen LogP contribution in [-0.2, 0) is 9.53 Å².